The molecule has 0 fully saturated rings. The van der Waals surface area contributed by atoms with E-state index >= 15 is 0 Å². The van der Waals surface area contributed by atoms with E-state index in [9.17, 15) is 4.79 Å². The summed E-state index contributed by atoms with van der Waals surface area (Å²) in [5.74, 6) is 0.212. The van der Waals surface area contributed by atoms with Crippen molar-refractivity contribution >= 4 is 5.91 Å². The minimum absolute atomic E-state index is 0.212. The van der Waals surface area contributed by atoms with Gasteiger partial charge in [-0.3, -0.25) is 9.69 Å². The standard InChI is InChI=1S/C10H22N2O/c1-7-10(2,3)9(13)12(6)8-11(4)5/h7-8H2,1-6H3. The first-order chi connectivity index (χ1) is 5.81. The van der Waals surface area contributed by atoms with Crippen molar-refractivity contribution in [1.29, 1.82) is 0 Å². The van der Waals surface area contributed by atoms with Crippen LogP contribution in [-0.2, 0) is 4.79 Å². The normalized spacial score (nSPS) is 11.9. The minimum Gasteiger partial charge on any atom is -0.332 e. The first kappa shape index (κ1) is 12.4. The molecular weight excluding hydrogens is 164 g/mol. The largest absolute Gasteiger partial charge is 0.332 e. The van der Waals surface area contributed by atoms with E-state index in [0.717, 1.165) is 6.42 Å². The van der Waals surface area contributed by atoms with Gasteiger partial charge in [-0.1, -0.05) is 20.8 Å². The number of hydrogen-bond donors (Lipinski definition) is 0. The molecule has 0 bridgehead atoms. The smallest absolute Gasteiger partial charge is 0.228 e. The zero-order valence-electron chi connectivity index (χ0n) is 9.72. The summed E-state index contributed by atoms with van der Waals surface area (Å²) in [5.41, 5.74) is -0.231. The molecule has 0 aromatic carbocycles. The zero-order chi connectivity index (χ0) is 10.6. The second kappa shape index (κ2) is 4.61. The van der Waals surface area contributed by atoms with E-state index in [0.29, 0.717) is 6.67 Å². The summed E-state index contributed by atoms with van der Waals surface area (Å²) in [6.45, 7) is 6.70. The van der Waals surface area contributed by atoms with Crippen LogP contribution in [0.25, 0.3) is 0 Å². The zero-order valence-corrected chi connectivity index (χ0v) is 9.72. The maximum absolute atomic E-state index is 11.8. The Morgan fingerprint density at radius 3 is 2.00 bits per heavy atom. The number of carbonyl (C=O) groups excluding carboxylic acids is 1. The van der Waals surface area contributed by atoms with Crippen LogP contribution in [0.15, 0.2) is 0 Å². The molecule has 0 aromatic heterocycles. The highest BCUT2D eigenvalue weighted by atomic mass is 16.2. The Kier molecular flexibility index (Phi) is 4.40. The van der Waals surface area contributed by atoms with E-state index in [2.05, 4.69) is 0 Å². The van der Waals surface area contributed by atoms with Crippen molar-refractivity contribution in [2.45, 2.75) is 27.2 Å². The van der Waals surface area contributed by atoms with Crippen LogP contribution in [-0.4, -0.2) is 43.5 Å². The van der Waals surface area contributed by atoms with Crippen molar-refractivity contribution in [2.75, 3.05) is 27.8 Å². The molecule has 1 amide bonds. The second-order valence-corrected chi connectivity index (χ2v) is 4.46. The number of hydrogen-bond acceptors (Lipinski definition) is 2. The maximum atomic E-state index is 11.8. The van der Waals surface area contributed by atoms with Gasteiger partial charge in [-0.15, -0.1) is 0 Å². The molecular formula is C10H22N2O. The van der Waals surface area contributed by atoms with Gasteiger partial charge in [0.05, 0.1) is 6.67 Å². The lowest BCUT2D eigenvalue weighted by atomic mass is 9.89. The molecule has 0 saturated carbocycles. The van der Waals surface area contributed by atoms with Crippen molar-refractivity contribution < 1.29 is 4.79 Å². The molecule has 0 radical (unpaired) electrons. The average molecular weight is 186 g/mol. The molecule has 0 N–H and O–H groups in total. The molecule has 3 heteroatoms. The van der Waals surface area contributed by atoms with Crippen molar-refractivity contribution in [1.82, 2.24) is 9.80 Å². The Morgan fingerprint density at radius 1 is 1.23 bits per heavy atom. The molecule has 0 rings (SSSR count). The van der Waals surface area contributed by atoms with Gasteiger partial charge in [-0.2, -0.15) is 0 Å². The fraction of sp³-hybridized carbons (Fsp3) is 0.900. The number of carbonyl (C=O) groups is 1. The molecule has 0 aliphatic carbocycles. The Morgan fingerprint density at radius 2 is 1.69 bits per heavy atom. The van der Waals surface area contributed by atoms with Crippen molar-refractivity contribution in [2.24, 2.45) is 5.41 Å². The van der Waals surface area contributed by atoms with Crippen LogP contribution >= 0.6 is 0 Å². The van der Waals surface area contributed by atoms with Crippen molar-refractivity contribution in [3.05, 3.63) is 0 Å². The van der Waals surface area contributed by atoms with E-state index in [1.54, 1.807) is 4.90 Å². The van der Waals surface area contributed by atoms with Gasteiger partial charge in [0.1, 0.15) is 0 Å². The summed E-state index contributed by atoms with van der Waals surface area (Å²) >= 11 is 0. The van der Waals surface area contributed by atoms with Crippen LogP contribution in [0.2, 0.25) is 0 Å². The molecule has 0 aromatic rings. The van der Waals surface area contributed by atoms with Crippen molar-refractivity contribution in [3.63, 3.8) is 0 Å². The lowest BCUT2D eigenvalue weighted by Crippen LogP contribution is -2.42. The summed E-state index contributed by atoms with van der Waals surface area (Å²) in [5, 5.41) is 0. The maximum Gasteiger partial charge on any atom is 0.228 e. The van der Waals surface area contributed by atoms with Gasteiger partial charge >= 0.3 is 0 Å². The molecule has 0 saturated heterocycles. The first-order valence-electron chi connectivity index (χ1n) is 4.71. The Labute approximate surface area is 81.7 Å². The summed E-state index contributed by atoms with van der Waals surface area (Å²) in [6, 6.07) is 0. The van der Waals surface area contributed by atoms with E-state index in [1.165, 1.54) is 0 Å². The SMILES string of the molecule is CCC(C)(C)C(=O)N(C)CN(C)C. The van der Waals surface area contributed by atoms with E-state index < -0.39 is 0 Å². The minimum atomic E-state index is -0.231. The molecule has 0 spiro atoms. The molecule has 0 aliphatic heterocycles. The second-order valence-electron chi connectivity index (χ2n) is 4.46. The van der Waals surface area contributed by atoms with Gasteiger partial charge < -0.3 is 4.90 Å². The highest BCUT2D eigenvalue weighted by Gasteiger charge is 2.28. The monoisotopic (exact) mass is 186 g/mol. The molecule has 13 heavy (non-hydrogen) atoms. The molecule has 78 valence electrons. The van der Waals surface area contributed by atoms with E-state index in [1.807, 2.05) is 46.8 Å². The van der Waals surface area contributed by atoms with E-state index in [4.69, 9.17) is 0 Å². The Balaban J connectivity index is 4.25. The van der Waals surface area contributed by atoms with E-state index in [-0.39, 0.29) is 11.3 Å². The highest BCUT2D eigenvalue weighted by Crippen LogP contribution is 2.22. The lowest BCUT2D eigenvalue weighted by Gasteiger charge is -2.30. The molecule has 0 heterocycles. The third-order valence-electron chi connectivity index (χ3n) is 2.30. The summed E-state index contributed by atoms with van der Waals surface area (Å²) in [7, 11) is 5.77. The highest BCUT2D eigenvalue weighted by molar-refractivity contribution is 5.81. The average Bonchev–Trinajstić information content (AvgIpc) is 2.01. The molecule has 0 atom stereocenters. The quantitative estimate of drug-likeness (QED) is 0.620. The van der Waals surface area contributed by atoms with Crippen molar-refractivity contribution in [3.8, 4) is 0 Å². The van der Waals surface area contributed by atoms with Gasteiger partial charge in [-0.05, 0) is 20.5 Å². The van der Waals surface area contributed by atoms with Gasteiger partial charge in [0.2, 0.25) is 5.91 Å². The summed E-state index contributed by atoms with van der Waals surface area (Å²) in [4.78, 5) is 15.6. The third-order valence-corrected chi connectivity index (χ3v) is 2.30. The van der Waals surface area contributed by atoms with Crippen LogP contribution in [0.1, 0.15) is 27.2 Å². The number of nitrogens with zero attached hydrogens (tertiary/aromatic N) is 2. The van der Waals surface area contributed by atoms with Gasteiger partial charge in [-0.25, -0.2) is 0 Å². The van der Waals surface area contributed by atoms with Gasteiger partial charge in [0.25, 0.3) is 0 Å². The fourth-order valence-electron chi connectivity index (χ4n) is 1.16. The predicted octanol–water partition coefficient (Wildman–Crippen LogP) is 1.40. The third kappa shape index (κ3) is 3.77. The first-order valence-corrected chi connectivity index (χ1v) is 4.71. The number of rotatable bonds is 4. The predicted molar refractivity (Wildman–Crippen MR) is 55.4 cm³/mol. The van der Waals surface area contributed by atoms with Gasteiger partial charge in [0.15, 0.2) is 0 Å². The Hall–Kier alpha value is -0.570. The summed E-state index contributed by atoms with van der Waals surface area (Å²) < 4.78 is 0. The molecule has 3 nitrogen and oxygen atoms in total. The molecule has 0 aliphatic rings. The van der Waals surface area contributed by atoms with Gasteiger partial charge in [0, 0.05) is 12.5 Å². The van der Waals surface area contributed by atoms with Crippen LogP contribution in [0.4, 0.5) is 0 Å². The van der Waals surface area contributed by atoms with Crippen LogP contribution in [0.3, 0.4) is 0 Å². The fourth-order valence-corrected chi connectivity index (χ4v) is 1.16. The summed E-state index contributed by atoms with van der Waals surface area (Å²) in [6.07, 6.45) is 0.879. The lowest BCUT2D eigenvalue weighted by molar-refractivity contribution is -0.140. The van der Waals surface area contributed by atoms with Crippen LogP contribution < -0.4 is 0 Å². The number of amides is 1. The topological polar surface area (TPSA) is 23.6 Å². The van der Waals surface area contributed by atoms with Crippen LogP contribution in [0.5, 0.6) is 0 Å². The Bertz CT molecular complexity index is 176. The molecule has 0 unspecified atom stereocenters. The van der Waals surface area contributed by atoms with Crippen LogP contribution in [0, 0.1) is 5.41 Å².